The molecule has 158 valence electrons. The molecule has 1 atom stereocenters. The number of anilines is 1. The second kappa shape index (κ2) is 9.03. The maximum Gasteiger partial charge on any atom is 0.293 e. The van der Waals surface area contributed by atoms with Gasteiger partial charge >= 0.3 is 0 Å². The van der Waals surface area contributed by atoms with Gasteiger partial charge in [-0.25, -0.2) is 13.6 Å². The van der Waals surface area contributed by atoms with Crippen LogP contribution < -0.4 is 16.2 Å². The molecule has 1 aliphatic heterocycles. The molecule has 0 aromatic heterocycles. The minimum atomic E-state index is -4.04. The predicted molar refractivity (Wildman–Crippen MR) is 108 cm³/mol. The van der Waals surface area contributed by atoms with Crippen molar-refractivity contribution in [1.29, 1.82) is 0 Å². The number of nitro groups is 1. The first-order valence-corrected chi connectivity index (χ1v) is 10.0. The lowest BCUT2D eigenvalue weighted by Gasteiger charge is -2.42. The van der Waals surface area contributed by atoms with E-state index >= 15 is 0 Å². The van der Waals surface area contributed by atoms with Gasteiger partial charge in [-0.1, -0.05) is 13.8 Å². The number of piperidine rings is 1. The number of nitro benzene ring substituents is 1. The van der Waals surface area contributed by atoms with E-state index in [9.17, 15) is 23.3 Å². The van der Waals surface area contributed by atoms with Crippen LogP contribution in [0, 0.1) is 15.5 Å². The van der Waals surface area contributed by atoms with Gasteiger partial charge in [0.2, 0.25) is 15.9 Å². The lowest BCUT2D eigenvalue weighted by Crippen LogP contribution is -2.54. The summed E-state index contributed by atoms with van der Waals surface area (Å²) < 4.78 is 22.7. The molecule has 1 saturated heterocycles. The van der Waals surface area contributed by atoms with Crippen LogP contribution in [-0.4, -0.2) is 49.8 Å². The fraction of sp³-hybridized carbons (Fsp3) is 0.562. The molecule has 0 radical (unpaired) electrons. The first-order valence-electron chi connectivity index (χ1n) is 8.50. The monoisotopic (exact) mass is 435 g/mol. The summed E-state index contributed by atoms with van der Waals surface area (Å²) in [4.78, 5) is 24.3. The van der Waals surface area contributed by atoms with Gasteiger partial charge in [-0.2, -0.15) is 0 Å². The van der Waals surface area contributed by atoms with Crippen LogP contribution >= 0.6 is 12.4 Å². The van der Waals surface area contributed by atoms with Gasteiger partial charge < -0.3 is 16.0 Å². The molecule has 1 aromatic rings. The average molecular weight is 436 g/mol. The van der Waals surface area contributed by atoms with Crippen LogP contribution in [-0.2, 0) is 14.8 Å². The molecule has 1 aliphatic rings. The molecule has 2 rings (SSSR count). The normalized spacial score (nSPS) is 18.9. The highest BCUT2D eigenvalue weighted by Crippen LogP contribution is 2.29. The van der Waals surface area contributed by atoms with Crippen molar-refractivity contribution in [3.8, 4) is 0 Å². The van der Waals surface area contributed by atoms with E-state index in [0.717, 1.165) is 12.5 Å². The van der Waals surface area contributed by atoms with Crippen molar-refractivity contribution in [2.24, 2.45) is 16.3 Å². The Hall–Kier alpha value is -1.95. The van der Waals surface area contributed by atoms with E-state index in [2.05, 4.69) is 5.32 Å². The fourth-order valence-corrected chi connectivity index (χ4v) is 3.57. The Bertz CT molecular complexity index is 846. The van der Waals surface area contributed by atoms with Gasteiger partial charge in [-0.15, -0.1) is 12.4 Å². The van der Waals surface area contributed by atoms with Crippen molar-refractivity contribution in [2.45, 2.75) is 37.6 Å². The number of hydrogen-bond acceptors (Lipinski definition) is 7. The van der Waals surface area contributed by atoms with E-state index in [0.29, 0.717) is 13.1 Å². The largest absolute Gasteiger partial charge is 0.379 e. The molecular formula is C16H26ClN5O5S. The molecule has 12 heteroatoms. The Balaban J connectivity index is 0.00000392. The highest BCUT2D eigenvalue weighted by Gasteiger charge is 2.35. The zero-order valence-electron chi connectivity index (χ0n) is 15.8. The van der Waals surface area contributed by atoms with E-state index in [1.807, 2.05) is 13.8 Å². The number of nitrogens with one attached hydrogen (secondary N) is 1. The summed E-state index contributed by atoms with van der Waals surface area (Å²) in [6.45, 7) is 5.37. The molecule has 0 bridgehead atoms. The minimum Gasteiger partial charge on any atom is -0.379 e. The summed E-state index contributed by atoms with van der Waals surface area (Å²) in [5.41, 5.74) is 5.62. The van der Waals surface area contributed by atoms with Gasteiger partial charge in [0, 0.05) is 38.2 Å². The summed E-state index contributed by atoms with van der Waals surface area (Å²) in [6, 6.07) is 3.39. The van der Waals surface area contributed by atoms with Crippen LogP contribution in [0.2, 0.25) is 0 Å². The van der Waals surface area contributed by atoms with Crippen LogP contribution in [0.15, 0.2) is 23.1 Å². The van der Waals surface area contributed by atoms with Crippen LogP contribution in [0.3, 0.4) is 0 Å². The number of halogens is 1. The number of nitrogens with zero attached hydrogens (tertiary/aromatic N) is 2. The summed E-state index contributed by atoms with van der Waals surface area (Å²) in [5.74, 6) is -0.0636. The molecule has 1 amide bonds. The topological polar surface area (TPSA) is 162 Å². The summed E-state index contributed by atoms with van der Waals surface area (Å²) in [6.07, 6.45) is 0.881. The maximum atomic E-state index is 12.4. The third kappa shape index (κ3) is 5.77. The van der Waals surface area contributed by atoms with Crippen molar-refractivity contribution in [1.82, 2.24) is 4.90 Å². The second-order valence-corrected chi connectivity index (χ2v) is 8.92. The quantitative estimate of drug-likeness (QED) is 0.444. The molecule has 1 heterocycles. The molecule has 28 heavy (non-hydrogen) atoms. The molecule has 10 nitrogen and oxygen atoms in total. The number of likely N-dealkylation sites (tertiary alicyclic amines) is 1. The van der Waals surface area contributed by atoms with Crippen LogP contribution in [0.4, 0.5) is 11.4 Å². The smallest absolute Gasteiger partial charge is 0.293 e. The minimum absolute atomic E-state index is 0. The molecule has 0 saturated carbocycles. The SMILES string of the molecule is CC1(C)CN(C(=O)CCNc2ccc(S(N)(=O)=O)cc2[N+](=O)[O-])CCC1N.Cl. The molecule has 0 aliphatic carbocycles. The van der Waals surface area contributed by atoms with Crippen molar-refractivity contribution >= 4 is 39.7 Å². The second-order valence-electron chi connectivity index (χ2n) is 7.36. The molecular weight excluding hydrogens is 410 g/mol. The number of rotatable bonds is 6. The maximum absolute atomic E-state index is 12.4. The van der Waals surface area contributed by atoms with E-state index in [4.69, 9.17) is 10.9 Å². The Morgan fingerprint density at radius 2 is 2.07 bits per heavy atom. The molecule has 1 unspecified atom stereocenters. The van der Waals surface area contributed by atoms with Crippen molar-refractivity contribution in [2.75, 3.05) is 25.0 Å². The van der Waals surface area contributed by atoms with Gasteiger partial charge in [0.05, 0.1) is 9.82 Å². The lowest BCUT2D eigenvalue weighted by atomic mass is 9.79. The highest BCUT2D eigenvalue weighted by atomic mass is 35.5. The van der Waals surface area contributed by atoms with E-state index in [-0.39, 0.29) is 53.3 Å². The Kier molecular flexibility index (Phi) is 7.77. The summed E-state index contributed by atoms with van der Waals surface area (Å²) in [5, 5.41) is 19.0. The average Bonchev–Trinajstić information content (AvgIpc) is 2.56. The molecule has 5 N–H and O–H groups in total. The van der Waals surface area contributed by atoms with Crippen molar-refractivity contribution in [3.05, 3.63) is 28.3 Å². The van der Waals surface area contributed by atoms with Gasteiger partial charge in [-0.3, -0.25) is 14.9 Å². The number of carbonyl (C=O) groups excluding carboxylic acids is 1. The Labute approximate surface area is 170 Å². The van der Waals surface area contributed by atoms with Crippen molar-refractivity contribution < 1.29 is 18.1 Å². The van der Waals surface area contributed by atoms with Gasteiger partial charge in [0.25, 0.3) is 5.69 Å². The number of benzene rings is 1. The Morgan fingerprint density at radius 1 is 1.43 bits per heavy atom. The number of amides is 1. The fourth-order valence-electron chi connectivity index (χ4n) is 3.04. The number of primary sulfonamides is 1. The van der Waals surface area contributed by atoms with Gasteiger partial charge in [0.15, 0.2) is 0 Å². The zero-order chi connectivity index (χ0) is 20.4. The number of sulfonamides is 1. The summed E-state index contributed by atoms with van der Waals surface area (Å²) in [7, 11) is -4.04. The van der Waals surface area contributed by atoms with E-state index in [1.54, 1.807) is 4.90 Å². The molecule has 0 spiro atoms. The number of nitrogens with two attached hydrogens (primary N) is 2. The third-order valence-electron chi connectivity index (χ3n) is 4.81. The lowest BCUT2D eigenvalue weighted by molar-refractivity contribution is -0.384. The van der Waals surface area contributed by atoms with Crippen LogP contribution in [0.5, 0.6) is 0 Å². The first-order chi connectivity index (χ1) is 12.4. The van der Waals surface area contributed by atoms with E-state index < -0.39 is 20.6 Å². The number of hydrogen-bond donors (Lipinski definition) is 3. The molecule has 1 fully saturated rings. The third-order valence-corrected chi connectivity index (χ3v) is 5.72. The van der Waals surface area contributed by atoms with Crippen LogP contribution in [0.1, 0.15) is 26.7 Å². The molecule has 1 aromatic carbocycles. The van der Waals surface area contributed by atoms with Gasteiger partial charge in [-0.05, 0) is 24.0 Å². The first kappa shape index (κ1) is 24.1. The van der Waals surface area contributed by atoms with E-state index in [1.165, 1.54) is 12.1 Å². The van der Waals surface area contributed by atoms with Crippen molar-refractivity contribution in [3.63, 3.8) is 0 Å². The standard InChI is InChI=1S/C16H25N5O5S.ClH/c1-16(2)10-20(8-6-14(16)17)15(22)5-7-19-12-4-3-11(27(18,25)26)9-13(12)21(23)24;/h3-4,9,14,19H,5-8,10,17H2,1-2H3,(H2,18,25,26);1H. The predicted octanol–water partition coefficient (Wildman–Crippen LogP) is 1.05. The highest BCUT2D eigenvalue weighted by molar-refractivity contribution is 7.89. The summed E-state index contributed by atoms with van der Waals surface area (Å²) >= 11 is 0. The van der Waals surface area contributed by atoms with Crippen LogP contribution in [0.25, 0.3) is 0 Å². The van der Waals surface area contributed by atoms with Gasteiger partial charge in [0.1, 0.15) is 5.69 Å². The Morgan fingerprint density at radius 3 is 2.61 bits per heavy atom. The zero-order valence-corrected chi connectivity index (χ0v) is 17.4. The number of carbonyl (C=O) groups is 1.